The molecule has 0 spiro atoms. The van der Waals surface area contributed by atoms with Crippen molar-refractivity contribution >= 4 is 48.7 Å². The van der Waals surface area contributed by atoms with Crippen molar-refractivity contribution in [2.45, 2.75) is 25.8 Å². The van der Waals surface area contributed by atoms with Crippen LogP contribution >= 0.6 is 31.9 Å². The summed E-state index contributed by atoms with van der Waals surface area (Å²) < 4.78 is 0. The number of alkyl halides is 2. The molecule has 5 heteroatoms. The molecule has 0 saturated carbocycles. The summed E-state index contributed by atoms with van der Waals surface area (Å²) in [6.45, 7) is 3.98. The highest BCUT2D eigenvalue weighted by atomic mass is 79.9. The van der Waals surface area contributed by atoms with Crippen molar-refractivity contribution in [3.63, 3.8) is 0 Å². The van der Waals surface area contributed by atoms with Crippen LogP contribution in [0.3, 0.4) is 0 Å². The maximum Gasteiger partial charge on any atom is 0.252 e. The number of hydrogen-bond donors (Lipinski definition) is 1. The minimum Gasteiger partial charge on any atom is -0.345 e. The monoisotopic (exact) mass is 412 g/mol. The van der Waals surface area contributed by atoms with E-state index in [1.54, 1.807) is 0 Å². The molecule has 0 aliphatic heterocycles. The molecule has 0 aliphatic carbocycles. The number of amides is 1. The molecule has 21 heavy (non-hydrogen) atoms. The molecule has 0 bridgehead atoms. The molecule has 2 rings (SSSR count). The quantitative estimate of drug-likeness (QED) is 0.746. The van der Waals surface area contributed by atoms with Gasteiger partial charge in [0.25, 0.3) is 5.91 Å². The van der Waals surface area contributed by atoms with Gasteiger partial charge in [0.05, 0.1) is 16.6 Å². The molecule has 1 heterocycles. The van der Waals surface area contributed by atoms with Gasteiger partial charge in [0.15, 0.2) is 0 Å². The van der Waals surface area contributed by atoms with E-state index in [1.165, 1.54) is 0 Å². The molecule has 1 N–H and O–H groups in total. The summed E-state index contributed by atoms with van der Waals surface area (Å²) in [6.07, 6.45) is 0.844. The van der Waals surface area contributed by atoms with Crippen LogP contribution in [0.5, 0.6) is 0 Å². The maximum atomic E-state index is 12.7. The zero-order chi connectivity index (χ0) is 15.5. The number of nitrogens with one attached hydrogen (secondary N) is 1. The summed E-state index contributed by atoms with van der Waals surface area (Å²) in [5.74, 6) is -0.0579. The topological polar surface area (TPSA) is 42.0 Å². The number of carbonyl (C=O) groups excluding carboxylic acids is 1. The lowest BCUT2D eigenvalue weighted by Gasteiger charge is -2.30. The first kappa shape index (κ1) is 16.4. The summed E-state index contributed by atoms with van der Waals surface area (Å²) in [4.78, 5) is 17.2. The van der Waals surface area contributed by atoms with Gasteiger partial charge < -0.3 is 5.32 Å². The predicted octanol–water partition coefficient (Wildman–Crippen LogP) is 4.21. The van der Waals surface area contributed by atoms with Crippen LogP contribution in [0.2, 0.25) is 0 Å². The number of rotatable bonds is 5. The van der Waals surface area contributed by atoms with Crippen LogP contribution in [0.25, 0.3) is 10.9 Å². The number of halogens is 2. The summed E-state index contributed by atoms with van der Waals surface area (Å²) in [6, 6.07) is 9.58. The number of benzene rings is 1. The van der Waals surface area contributed by atoms with E-state index in [0.29, 0.717) is 16.2 Å². The molecule has 112 valence electrons. The smallest absolute Gasteiger partial charge is 0.252 e. The second-order valence-corrected chi connectivity index (χ2v) is 6.31. The highest BCUT2D eigenvalue weighted by Crippen LogP contribution is 2.21. The molecule has 1 amide bonds. The third-order valence-electron chi connectivity index (χ3n) is 3.66. The van der Waals surface area contributed by atoms with Crippen molar-refractivity contribution in [2.24, 2.45) is 0 Å². The normalized spacial score (nSPS) is 11.6. The fraction of sp³-hybridized carbons (Fsp3) is 0.375. The van der Waals surface area contributed by atoms with E-state index in [0.717, 1.165) is 23.0 Å². The van der Waals surface area contributed by atoms with Gasteiger partial charge >= 0.3 is 0 Å². The van der Waals surface area contributed by atoms with Crippen LogP contribution in [0.1, 0.15) is 29.4 Å². The highest BCUT2D eigenvalue weighted by Gasteiger charge is 2.28. The number of aryl methyl sites for hydroxylation is 1. The van der Waals surface area contributed by atoms with E-state index >= 15 is 0 Å². The van der Waals surface area contributed by atoms with Crippen molar-refractivity contribution in [3.05, 3.63) is 41.6 Å². The fourth-order valence-electron chi connectivity index (χ4n) is 2.18. The standard InChI is InChI=1S/C16H18Br2N2O/c1-3-16(9-17,10-18)20-15(21)13-8-11(2)19-14-7-5-4-6-12(13)14/h4-8H,3,9-10H2,1-2H3,(H,20,21). The Kier molecular flexibility index (Phi) is 5.38. The van der Waals surface area contributed by atoms with E-state index in [1.807, 2.05) is 37.3 Å². The van der Waals surface area contributed by atoms with Crippen molar-refractivity contribution in [1.82, 2.24) is 10.3 Å². The zero-order valence-corrected chi connectivity index (χ0v) is 15.3. The lowest BCUT2D eigenvalue weighted by atomic mass is 10.00. The number of fused-ring (bicyclic) bond motifs is 1. The van der Waals surface area contributed by atoms with Gasteiger partial charge in [-0.25, -0.2) is 0 Å². The number of hydrogen-bond acceptors (Lipinski definition) is 2. The van der Waals surface area contributed by atoms with Crippen LogP contribution in [-0.2, 0) is 0 Å². The molecule has 0 atom stereocenters. The van der Waals surface area contributed by atoms with Crippen LogP contribution < -0.4 is 5.32 Å². The van der Waals surface area contributed by atoms with E-state index < -0.39 is 0 Å². The van der Waals surface area contributed by atoms with Crippen molar-refractivity contribution in [3.8, 4) is 0 Å². The molecule has 3 nitrogen and oxygen atoms in total. The highest BCUT2D eigenvalue weighted by molar-refractivity contribution is 9.09. The van der Waals surface area contributed by atoms with Crippen LogP contribution in [0, 0.1) is 6.92 Å². The van der Waals surface area contributed by atoms with Crippen LogP contribution in [0.4, 0.5) is 0 Å². The Labute approximate surface area is 141 Å². The van der Waals surface area contributed by atoms with Gasteiger partial charge in [0, 0.05) is 21.7 Å². The molecule has 0 saturated heterocycles. The van der Waals surface area contributed by atoms with E-state index in [2.05, 4.69) is 49.1 Å². The van der Waals surface area contributed by atoms with Crippen LogP contribution in [0.15, 0.2) is 30.3 Å². The van der Waals surface area contributed by atoms with E-state index in [4.69, 9.17) is 0 Å². The van der Waals surface area contributed by atoms with Crippen molar-refractivity contribution in [1.29, 1.82) is 0 Å². The van der Waals surface area contributed by atoms with Gasteiger partial charge in [-0.1, -0.05) is 57.0 Å². The van der Waals surface area contributed by atoms with Gasteiger partial charge in [-0.2, -0.15) is 0 Å². The Morgan fingerprint density at radius 2 is 1.95 bits per heavy atom. The van der Waals surface area contributed by atoms with Gasteiger partial charge in [0.2, 0.25) is 0 Å². The zero-order valence-electron chi connectivity index (χ0n) is 12.1. The molecule has 0 unspecified atom stereocenters. The molecule has 2 aromatic rings. The Morgan fingerprint density at radius 3 is 2.57 bits per heavy atom. The Hall–Kier alpha value is -0.940. The lowest BCUT2D eigenvalue weighted by molar-refractivity contribution is 0.0917. The minimum absolute atomic E-state index is 0.0579. The third-order valence-corrected chi connectivity index (χ3v) is 5.80. The number of aromatic nitrogens is 1. The van der Waals surface area contributed by atoms with Gasteiger partial charge in [0.1, 0.15) is 0 Å². The Morgan fingerprint density at radius 1 is 1.29 bits per heavy atom. The fourth-order valence-corrected chi connectivity index (χ4v) is 4.19. The summed E-state index contributed by atoms with van der Waals surface area (Å²) in [5, 5.41) is 5.45. The first-order chi connectivity index (χ1) is 10.0. The van der Waals surface area contributed by atoms with Crippen LogP contribution in [-0.4, -0.2) is 27.1 Å². The second-order valence-electron chi connectivity index (χ2n) is 5.18. The molecular formula is C16H18Br2N2O. The average molecular weight is 414 g/mol. The van der Waals surface area contributed by atoms with Crippen molar-refractivity contribution in [2.75, 3.05) is 10.7 Å². The van der Waals surface area contributed by atoms with E-state index in [-0.39, 0.29) is 11.4 Å². The molecule has 0 fully saturated rings. The van der Waals surface area contributed by atoms with Crippen molar-refractivity contribution < 1.29 is 4.79 Å². The first-order valence-corrected chi connectivity index (χ1v) is 9.10. The number of pyridine rings is 1. The van der Waals surface area contributed by atoms with Gasteiger partial charge in [-0.3, -0.25) is 9.78 Å². The summed E-state index contributed by atoms with van der Waals surface area (Å²) >= 11 is 7.00. The predicted molar refractivity (Wildman–Crippen MR) is 94.6 cm³/mol. The van der Waals surface area contributed by atoms with E-state index in [9.17, 15) is 4.79 Å². The number of carbonyl (C=O) groups is 1. The average Bonchev–Trinajstić information content (AvgIpc) is 2.51. The lowest BCUT2D eigenvalue weighted by Crippen LogP contribution is -2.51. The molecule has 0 radical (unpaired) electrons. The summed E-state index contributed by atoms with van der Waals surface area (Å²) in [5.41, 5.74) is 2.09. The molecule has 1 aromatic heterocycles. The SMILES string of the molecule is CCC(CBr)(CBr)NC(=O)c1cc(C)nc2ccccc12. The summed E-state index contributed by atoms with van der Waals surface area (Å²) in [7, 11) is 0. The second kappa shape index (κ2) is 6.88. The first-order valence-electron chi connectivity index (χ1n) is 6.86. The molecule has 0 aliphatic rings. The number of nitrogens with zero attached hydrogens (tertiary/aromatic N) is 1. The molecule has 1 aromatic carbocycles. The Balaban J connectivity index is 2.44. The van der Waals surface area contributed by atoms with Gasteiger partial charge in [-0.05, 0) is 25.5 Å². The molecular weight excluding hydrogens is 396 g/mol. The van der Waals surface area contributed by atoms with Gasteiger partial charge in [-0.15, -0.1) is 0 Å². The third kappa shape index (κ3) is 3.46. The largest absolute Gasteiger partial charge is 0.345 e. The Bertz CT molecular complexity index is 646. The minimum atomic E-state index is -0.282. The maximum absolute atomic E-state index is 12.7. The number of para-hydroxylation sites is 1.